The SMILES string of the molecule is Cc1cc(N2CCN(C(=O)c3ccccc3F)CC2)nc(NC2CCCCC2)n1. The van der Waals surface area contributed by atoms with E-state index in [-0.39, 0.29) is 11.5 Å². The summed E-state index contributed by atoms with van der Waals surface area (Å²) in [6.07, 6.45) is 6.17. The minimum atomic E-state index is -0.468. The Labute approximate surface area is 171 Å². The molecule has 1 N–H and O–H groups in total. The van der Waals surface area contributed by atoms with Crippen molar-refractivity contribution in [2.45, 2.75) is 45.1 Å². The summed E-state index contributed by atoms with van der Waals surface area (Å²) in [7, 11) is 0. The molecule has 7 heteroatoms. The standard InChI is InChI=1S/C22H28FN5O/c1-16-15-20(26-22(24-16)25-17-7-3-2-4-8-17)27-11-13-28(14-12-27)21(29)18-9-5-6-10-19(18)23/h5-6,9-10,15,17H,2-4,7-8,11-14H2,1H3,(H,24,25,26). The zero-order chi connectivity index (χ0) is 20.2. The van der Waals surface area contributed by atoms with Gasteiger partial charge in [-0.3, -0.25) is 4.79 Å². The fourth-order valence-electron chi connectivity index (χ4n) is 4.15. The highest BCUT2D eigenvalue weighted by Gasteiger charge is 2.25. The zero-order valence-electron chi connectivity index (χ0n) is 16.9. The molecule has 1 amide bonds. The molecule has 1 aromatic heterocycles. The van der Waals surface area contributed by atoms with E-state index < -0.39 is 5.82 Å². The van der Waals surface area contributed by atoms with Crippen molar-refractivity contribution in [1.82, 2.24) is 14.9 Å². The van der Waals surface area contributed by atoms with Crippen molar-refractivity contribution in [3.63, 3.8) is 0 Å². The second-order valence-corrected chi connectivity index (χ2v) is 7.93. The summed E-state index contributed by atoms with van der Waals surface area (Å²) in [5.41, 5.74) is 1.07. The molecule has 0 spiro atoms. The number of carbonyl (C=O) groups is 1. The smallest absolute Gasteiger partial charge is 0.256 e. The molecule has 2 aliphatic rings. The Hall–Kier alpha value is -2.70. The second-order valence-electron chi connectivity index (χ2n) is 7.93. The maximum atomic E-state index is 13.9. The predicted octanol–water partition coefficient (Wildman–Crippen LogP) is 3.63. The molecule has 1 aliphatic carbocycles. The summed E-state index contributed by atoms with van der Waals surface area (Å²) in [6, 6.07) is 8.60. The van der Waals surface area contributed by atoms with Gasteiger partial charge in [0.2, 0.25) is 5.95 Å². The van der Waals surface area contributed by atoms with Crippen LogP contribution in [0.2, 0.25) is 0 Å². The number of anilines is 2. The van der Waals surface area contributed by atoms with Crippen LogP contribution < -0.4 is 10.2 Å². The lowest BCUT2D eigenvalue weighted by molar-refractivity contribution is 0.0742. The van der Waals surface area contributed by atoms with E-state index in [0.717, 1.165) is 11.5 Å². The number of hydrogen-bond acceptors (Lipinski definition) is 5. The molecular weight excluding hydrogens is 369 g/mol. The number of halogens is 1. The average molecular weight is 397 g/mol. The Morgan fingerprint density at radius 1 is 1.07 bits per heavy atom. The van der Waals surface area contributed by atoms with Gasteiger partial charge in [-0.05, 0) is 31.9 Å². The molecule has 6 nitrogen and oxygen atoms in total. The minimum absolute atomic E-state index is 0.137. The number of nitrogens with zero attached hydrogens (tertiary/aromatic N) is 4. The fourth-order valence-corrected chi connectivity index (χ4v) is 4.15. The van der Waals surface area contributed by atoms with Gasteiger partial charge in [0.25, 0.3) is 5.91 Å². The van der Waals surface area contributed by atoms with Gasteiger partial charge in [-0.2, -0.15) is 4.98 Å². The first-order valence-corrected chi connectivity index (χ1v) is 10.5. The Morgan fingerprint density at radius 3 is 2.52 bits per heavy atom. The van der Waals surface area contributed by atoms with E-state index in [1.807, 2.05) is 13.0 Å². The number of carbonyl (C=O) groups excluding carboxylic acids is 1. The first-order valence-electron chi connectivity index (χ1n) is 10.5. The van der Waals surface area contributed by atoms with Crippen molar-refractivity contribution in [3.05, 3.63) is 47.4 Å². The molecule has 0 radical (unpaired) electrons. The van der Waals surface area contributed by atoms with Crippen LogP contribution in [0.15, 0.2) is 30.3 Å². The Morgan fingerprint density at radius 2 is 1.79 bits per heavy atom. The number of amides is 1. The van der Waals surface area contributed by atoms with Crippen LogP contribution in [0, 0.1) is 12.7 Å². The summed E-state index contributed by atoms with van der Waals surface area (Å²) >= 11 is 0. The molecule has 1 saturated carbocycles. The van der Waals surface area contributed by atoms with Crippen molar-refractivity contribution in [1.29, 1.82) is 0 Å². The molecule has 0 bridgehead atoms. The van der Waals surface area contributed by atoms with E-state index in [4.69, 9.17) is 4.98 Å². The Bertz CT molecular complexity index is 860. The lowest BCUT2D eigenvalue weighted by atomic mass is 9.96. The van der Waals surface area contributed by atoms with Crippen molar-refractivity contribution < 1.29 is 9.18 Å². The third-order valence-electron chi connectivity index (χ3n) is 5.77. The number of piperazine rings is 1. The highest BCUT2D eigenvalue weighted by molar-refractivity contribution is 5.94. The first-order chi connectivity index (χ1) is 14.1. The number of rotatable bonds is 4. The van der Waals surface area contributed by atoms with E-state index in [1.54, 1.807) is 23.1 Å². The predicted molar refractivity (Wildman–Crippen MR) is 112 cm³/mol. The van der Waals surface area contributed by atoms with Crippen molar-refractivity contribution >= 4 is 17.7 Å². The second kappa shape index (κ2) is 8.76. The van der Waals surface area contributed by atoms with Gasteiger partial charge in [0.1, 0.15) is 11.6 Å². The van der Waals surface area contributed by atoms with Crippen LogP contribution in [0.4, 0.5) is 16.2 Å². The molecule has 2 fully saturated rings. The number of aryl methyl sites for hydroxylation is 1. The number of hydrogen-bond donors (Lipinski definition) is 1. The number of benzene rings is 1. The summed E-state index contributed by atoms with van der Waals surface area (Å²) < 4.78 is 13.9. The van der Waals surface area contributed by atoms with Gasteiger partial charge in [-0.1, -0.05) is 31.4 Å². The number of nitrogens with one attached hydrogen (secondary N) is 1. The van der Waals surface area contributed by atoms with Gasteiger partial charge >= 0.3 is 0 Å². The van der Waals surface area contributed by atoms with Crippen LogP contribution in [-0.2, 0) is 0 Å². The summed E-state index contributed by atoms with van der Waals surface area (Å²) in [6.45, 7) is 4.40. The highest BCUT2D eigenvalue weighted by atomic mass is 19.1. The van der Waals surface area contributed by atoms with E-state index in [0.29, 0.717) is 38.2 Å². The summed E-state index contributed by atoms with van der Waals surface area (Å²) in [5.74, 6) is 0.858. The third-order valence-corrected chi connectivity index (χ3v) is 5.77. The third kappa shape index (κ3) is 4.66. The molecule has 154 valence electrons. The minimum Gasteiger partial charge on any atom is -0.353 e. The van der Waals surface area contributed by atoms with Gasteiger partial charge in [0.05, 0.1) is 5.56 Å². The lowest BCUT2D eigenvalue weighted by Crippen LogP contribution is -2.49. The molecule has 1 saturated heterocycles. The van der Waals surface area contributed by atoms with Crippen molar-refractivity contribution in [2.24, 2.45) is 0 Å². The van der Waals surface area contributed by atoms with Gasteiger partial charge in [0.15, 0.2) is 0 Å². The quantitative estimate of drug-likeness (QED) is 0.854. The molecule has 1 aliphatic heterocycles. The zero-order valence-corrected chi connectivity index (χ0v) is 16.9. The monoisotopic (exact) mass is 397 g/mol. The van der Waals surface area contributed by atoms with E-state index in [2.05, 4.69) is 15.2 Å². The van der Waals surface area contributed by atoms with Crippen molar-refractivity contribution in [3.8, 4) is 0 Å². The molecule has 2 heterocycles. The largest absolute Gasteiger partial charge is 0.353 e. The van der Waals surface area contributed by atoms with Gasteiger partial charge in [-0.25, -0.2) is 9.37 Å². The lowest BCUT2D eigenvalue weighted by Gasteiger charge is -2.35. The van der Waals surface area contributed by atoms with E-state index >= 15 is 0 Å². The van der Waals surface area contributed by atoms with Gasteiger partial charge in [-0.15, -0.1) is 0 Å². The maximum Gasteiger partial charge on any atom is 0.256 e. The molecule has 4 rings (SSSR count). The molecule has 0 unspecified atom stereocenters. The highest BCUT2D eigenvalue weighted by Crippen LogP contribution is 2.23. The van der Waals surface area contributed by atoms with Crippen LogP contribution in [0.1, 0.15) is 48.2 Å². The van der Waals surface area contributed by atoms with Crippen LogP contribution >= 0.6 is 0 Å². The summed E-state index contributed by atoms with van der Waals surface area (Å²) in [5, 5.41) is 3.50. The normalized spacial score (nSPS) is 18.0. The fraction of sp³-hybridized carbons (Fsp3) is 0.500. The van der Waals surface area contributed by atoms with Crippen LogP contribution in [0.3, 0.4) is 0 Å². The Kier molecular flexibility index (Phi) is 5.92. The molecule has 29 heavy (non-hydrogen) atoms. The summed E-state index contributed by atoms with van der Waals surface area (Å²) in [4.78, 5) is 25.8. The average Bonchev–Trinajstić information content (AvgIpc) is 2.74. The van der Waals surface area contributed by atoms with E-state index in [9.17, 15) is 9.18 Å². The molecule has 2 aromatic rings. The Balaban J connectivity index is 1.40. The number of aromatic nitrogens is 2. The van der Waals surface area contributed by atoms with E-state index in [1.165, 1.54) is 38.2 Å². The molecule has 0 atom stereocenters. The van der Waals surface area contributed by atoms with Crippen LogP contribution in [0.25, 0.3) is 0 Å². The molecule has 1 aromatic carbocycles. The maximum absolute atomic E-state index is 13.9. The van der Waals surface area contributed by atoms with Crippen molar-refractivity contribution in [2.75, 3.05) is 36.4 Å². The topological polar surface area (TPSA) is 61.4 Å². The van der Waals surface area contributed by atoms with Gasteiger partial charge < -0.3 is 15.1 Å². The molecular formula is C22H28FN5O. The van der Waals surface area contributed by atoms with Crippen LogP contribution in [0.5, 0.6) is 0 Å². The van der Waals surface area contributed by atoms with Crippen LogP contribution in [-0.4, -0.2) is 53.0 Å². The first kappa shape index (κ1) is 19.6. The van der Waals surface area contributed by atoms with Gasteiger partial charge in [0, 0.05) is 44.0 Å².